The second-order valence-corrected chi connectivity index (χ2v) is 5.60. The highest BCUT2D eigenvalue weighted by Gasteiger charge is 2.53. The Morgan fingerprint density at radius 3 is 1.22 bits per heavy atom. The summed E-state index contributed by atoms with van der Waals surface area (Å²) in [6.45, 7) is 0. The van der Waals surface area contributed by atoms with Gasteiger partial charge in [-0.1, -0.05) is 24.3 Å². The molecule has 1 saturated carbocycles. The van der Waals surface area contributed by atoms with Gasteiger partial charge in [-0.15, -0.1) is 0 Å². The summed E-state index contributed by atoms with van der Waals surface area (Å²) in [4.78, 5) is 21.9. The molecule has 0 aromatic heterocycles. The van der Waals surface area contributed by atoms with Gasteiger partial charge in [-0.3, -0.25) is 9.59 Å². The fourth-order valence-electron chi connectivity index (χ4n) is 4.20. The number of carboxylic acid groups (broad SMARTS) is 2. The normalized spacial score (nSPS) is 43.3. The number of fused-ring (bicyclic) bond motifs is 6. The van der Waals surface area contributed by atoms with Gasteiger partial charge in [0.15, 0.2) is 0 Å². The zero-order valence-electron chi connectivity index (χ0n) is 9.90. The van der Waals surface area contributed by atoms with Crippen LogP contribution in [-0.4, -0.2) is 22.2 Å². The van der Waals surface area contributed by atoms with E-state index in [4.69, 9.17) is 10.2 Å². The Morgan fingerprint density at radius 1 is 0.722 bits per heavy atom. The molecule has 0 saturated heterocycles. The monoisotopic (exact) mass is 248 g/mol. The molecular weight excluding hydrogens is 232 g/mol. The third-order valence-corrected chi connectivity index (χ3v) is 4.80. The number of rotatable bonds is 4. The molecule has 0 radical (unpaired) electrons. The van der Waals surface area contributed by atoms with Gasteiger partial charge in [0.25, 0.3) is 0 Å². The summed E-state index contributed by atoms with van der Waals surface area (Å²) in [5.74, 6) is -0.355. The standard InChI is InChI=1S/C14H16O4/c15-13(16)5-11-7-1-2-8(11)10-4-3-9(7)12(10)6-14(17)18/h1-4,7-12H,5-6H2,(H,15,16)(H,17,18). The lowest BCUT2D eigenvalue weighted by Gasteiger charge is -2.41. The zero-order valence-corrected chi connectivity index (χ0v) is 9.90. The van der Waals surface area contributed by atoms with Crippen LogP contribution < -0.4 is 0 Å². The first kappa shape index (κ1) is 11.5. The Kier molecular flexibility index (Phi) is 2.54. The molecule has 4 bridgehead atoms. The number of allylic oxidation sites excluding steroid dienone is 4. The maximum absolute atomic E-state index is 10.9. The smallest absolute Gasteiger partial charge is 0.303 e. The van der Waals surface area contributed by atoms with Crippen LogP contribution in [0.1, 0.15) is 12.8 Å². The predicted molar refractivity (Wildman–Crippen MR) is 63.7 cm³/mol. The SMILES string of the molecule is O=C(O)CC1C2C=CC1C1C=CC2C1CC(=O)O. The zero-order chi connectivity index (χ0) is 12.9. The number of carboxylic acids is 2. The van der Waals surface area contributed by atoms with Crippen LogP contribution in [0.2, 0.25) is 0 Å². The lowest BCUT2D eigenvalue weighted by molar-refractivity contribution is -0.142. The van der Waals surface area contributed by atoms with E-state index < -0.39 is 11.9 Å². The number of carbonyl (C=O) groups is 2. The van der Waals surface area contributed by atoms with Crippen LogP contribution in [0.5, 0.6) is 0 Å². The molecule has 2 N–H and O–H groups in total. The molecule has 0 aliphatic heterocycles. The molecule has 18 heavy (non-hydrogen) atoms. The molecule has 0 amide bonds. The van der Waals surface area contributed by atoms with Crippen molar-refractivity contribution in [1.29, 1.82) is 0 Å². The Bertz CT molecular complexity index is 385. The Hall–Kier alpha value is -1.58. The highest BCUT2D eigenvalue weighted by molar-refractivity contribution is 5.68. The van der Waals surface area contributed by atoms with Gasteiger partial charge in [0.2, 0.25) is 0 Å². The van der Waals surface area contributed by atoms with Gasteiger partial charge in [0.1, 0.15) is 0 Å². The molecule has 0 aromatic carbocycles. The molecule has 0 spiro atoms. The molecule has 4 unspecified atom stereocenters. The molecule has 1 fully saturated rings. The van der Waals surface area contributed by atoms with Gasteiger partial charge in [-0.05, 0) is 35.5 Å². The first-order valence-corrected chi connectivity index (χ1v) is 6.38. The molecule has 96 valence electrons. The molecule has 4 atom stereocenters. The molecule has 3 rings (SSSR count). The number of aliphatic carboxylic acids is 2. The summed E-state index contributed by atoms with van der Waals surface area (Å²) < 4.78 is 0. The van der Waals surface area contributed by atoms with Gasteiger partial charge in [0, 0.05) is 12.8 Å². The third-order valence-electron chi connectivity index (χ3n) is 4.80. The van der Waals surface area contributed by atoms with Crippen molar-refractivity contribution in [3.8, 4) is 0 Å². The lowest BCUT2D eigenvalue weighted by Crippen LogP contribution is -2.39. The van der Waals surface area contributed by atoms with Crippen LogP contribution in [0, 0.1) is 35.5 Å². The number of hydrogen-bond acceptors (Lipinski definition) is 2. The van der Waals surface area contributed by atoms with Crippen molar-refractivity contribution < 1.29 is 19.8 Å². The summed E-state index contributed by atoms with van der Waals surface area (Å²) in [6, 6.07) is 0. The first-order chi connectivity index (χ1) is 8.58. The van der Waals surface area contributed by atoms with Crippen molar-refractivity contribution >= 4 is 11.9 Å². The van der Waals surface area contributed by atoms with Crippen molar-refractivity contribution in [3.63, 3.8) is 0 Å². The minimum Gasteiger partial charge on any atom is -0.481 e. The Balaban J connectivity index is 1.84. The van der Waals surface area contributed by atoms with E-state index in [0.717, 1.165) is 0 Å². The van der Waals surface area contributed by atoms with Crippen molar-refractivity contribution in [2.75, 3.05) is 0 Å². The minimum atomic E-state index is -0.755. The van der Waals surface area contributed by atoms with Crippen LogP contribution in [-0.2, 0) is 9.59 Å². The van der Waals surface area contributed by atoms with E-state index in [9.17, 15) is 9.59 Å². The van der Waals surface area contributed by atoms with Crippen molar-refractivity contribution in [2.24, 2.45) is 35.5 Å². The maximum Gasteiger partial charge on any atom is 0.303 e. The van der Waals surface area contributed by atoms with E-state index in [-0.39, 0.29) is 48.3 Å². The number of hydrogen-bond donors (Lipinski definition) is 2. The molecule has 4 nitrogen and oxygen atoms in total. The summed E-state index contributed by atoms with van der Waals surface area (Å²) in [7, 11) is 0. The molecule has 0 aromatic rings. The first-order valence-electron chi connectivity index (χ1n) is 6.38. The van der Waals surface area contributed by atoms with E-state index in [0.29, 0.717) is 0 Å². The molecule has 3 aliphatic carbocycles. The lowest BCUT2D eigenvalue weighted by atomic mass is 9.62. The second kappa shape index (κ2) is 3.97. The Labute approximate surface area is 105 Å². The van der Waals surface area contributed by atoms with Gasteiger partial charge in [-0.25, -0.2) is 0 Å². The Morgan fingerprint density at radius 2 is 1.00 bits per heavy atom. The fraction of sp³-hybridized carbons (Fsp3) is 0.571. The summed E-state index contributed by atoms with van der Waals surface area (Å²) in [5, 5.41) is 18.0. The van der Waals surface area contributed by atoms with Crippen molar-refractivity contribution in [1.82, 2.24) is 0 Å². The predicted octanol–water partition coefficient (Wildman–Crippen LogP) is 1.79. The molecule has 0 heterocycles. The highest BCUT2D eigenvalue weighted by Crippen LogP contribution is 2.57. The quantitative estimate of drug-likeness (QED) is 0.744. The van der Waals surface area contributed by atoms with Crippen molar-refractivity contribution in [3.05, 3.63) is 24.3 Å². The topological polar surface area (TPSA) is 74.6 Å². The average Bonchev–Trinajstić information content (AvgIpc) is 2.69. The van der Waals surface area contributed by atoms with Gasteiger partial charge in [0.05, 0.1) is 0 Å². The van der Waals surface area contributed by atoms with Crippen LogP contribution in [0.4, 0.5) is 0 Å². The van der Waals surface area contributed by atoms with Crippen molar-refractivity contribution in [2.45, 2.75) is 12.8 Å². The van der Waals surface area contributed by atoms with E-state index in [1.165, 1.54) is 0 Å². The summed E-state index contributed by atoms with van der Waals surface area (Å²) in [5.41, 5.74) is 0. The van der Waals surface area contributed by atoms with E-state index >= 15 is 0 Å². The molecule has 4 heteroatoms. The van der Waals surface area contributed by atoms with Crippen LogP contribution in [0.25, 0.3) is 0 Å². The van der Waals surface area contributed by atoms with Crippen LogP contribution in [0.15, 0.2) is 24.3 Å². The molecular formula is C14H16O4. The van der Waals surface area contributed by atoms with Crippen LogP contribution >= 0.6 is 0 Å². The van der Waals surface area contributed by atoms with E-state index in [1.54, 1.807) is 0 Å². The van der Waals surface area contributed by atoms with Gasteiger partial charge >= 0.3 is 11.9 Å². The summed E-state index contributed by atoms with van der Waals surface area (Å²) in [6.07, 6.45) is 8.83. The summed E-state index contributed by atoms with van der Waals surface area (Å²) >= 11 is 0. The largest absolute Gasteiger partial charge is 0.481 e. The van der Waals surface area contributed by atoms with Crippen LogP contribution in [0.3, 0.4) is 0 Å². The van der Waals surface area contributed by atoms with E-state index in [2.05, 4.69) is 24.3 Å². The van der Waals surface area contributed by atoms with Gasteiger partial charge < -0.3 is 10.2 Å². The average molecular weight is 248 g/mol. The van der Waals surface area contributed by atoms with Gasteiger partial charge in [-0.2, -0.15) is 0 Å². The third kappa shape index (κ3) is 1.59. The second-order valence-electron chi connectivity index (χ2n) is 5.60. The minimum absolute atomic E-state index is 0.151. The molecule has 3 aliphatic rings. The fourth-order valence-corrected chi connectivity index (χ4v) is 4.20. The maximum atomic E-state index is 10.9. The van der Waals surface area contributed by atoms with E-state index in [1.807, 2.05) is 0 Å². The highest BCUT2D eigenvalue weighted by atomic mass is 16.4.